The van der Waals surface area contributed by atoms with Gasteiger partial charge in [-0.2, -0.15) is 5.10 Å². The molecule has 3 aromatic rings. The van der Waals surface area contributed by atoms with Crippen LogP contribution < -0.4 is 10.6 Å². The second-order valence-electron chi connectivity index (χ2n) is 6.36. The maximum atomic E-state index is 5.74. The average Bonchev–Trinajstić information content (AvgIpc) is 3.07. The first kappa shape index (κ1) is 15.1. The summed E-state index contributed by atoms with van der Waals surface area (Å²) in [5, 5.41) is 5.55. The van der Waals surface area contributed by atoms with Crippen LogP contribution in [-0.4, -0.2) is 39.4 Å². The third kappa shape index (κ3) is 2.73. The van der Waals surface area contributed by atoms with Gasteiger partial charge < -0.3 is 10.6 Å². The average molecular weight is 322 g/mol. The van der Waals surface area contributed by atoms with Gasteiger partial charge in [-0.25, -0.2) is 14.6 Å². The molecule has 4 rings (SSSR count). The van der Waals surface area contributed by atoms with E-state index in [2.05, 4.69) is 20.0 Å². The summed E-state index contributed by atoms with van der Waals surface area (Å²) in [6, 6.07) is 10.1. The number of fused-ring (bicyclic) bond motifs is 1. The summed E-state index contributed by atoms with van der Waals surface area (Å²) in [5.41, 5.74) is 7.61. The molecule has 2 aromatic heterocycles. The highest BCUT2D eigenvalue weighted by atomic mass is 15.3. The Kier molecular flexibility index (Phi) is 4.13. The molecule has 0 radical (unpaired) electrons. The number of hydrogen-bond donors (Lipinski definition) is 1. The number of hydrogen-bond acceptors (Lipinski definition) is 5. The van der Waals surface area contributed by atoms with E-state index in [0.717, 1.165) is 48.6 Å². The normalized spacial score (nSPS) is 18.2. The van der Waals surface area contributed by atoms with E-state index in [0.29, 0.717) is 5.92 Å². The quantitative estimate of drug-likeness (QED) is 0.798. The van der Waals surface area contributed by atoms with Crippen molar-refractivity contribution < 1.29 is 0 Å². The van der Waals surface area contributed by atoms with Crippen molar-refractivity contribution in [2.75, 3.05) is 24.5 Å². The number of aromatic nitrogens is 4. The molecule has 1 aliphatic heterocycles. The molecule has 1 aromatic carbocycles. The Morgan fingerprint density at radius 2 is 2.04 bits per heavy atom. The van der Waals surface area contributed by atoms with Gasteiger partial charge in [0.25, 0.3) is 0 Å². The van der Waals surface area contributed by atoms with Gasteiger partial charge in [-0.15, -0.1) is 0 Å². The second-order valence-corrected chi connectivity index (χ2v) is 6.36. The molecule has 2 N–H and O–H groups in total. The Morgan fingerprint density at radius 1 is 1.17 bits per heavy atom. The molecule has 124 valence electrons. The van der Waals surface area contributed by atoms with Gasteiger partial charge in [-0.1, -0.05) is 18.2 Å². The van der Waals surface area contributed by atoms with Crippen molar-refractivity contribution in [1.82, 2.24) is 19.7 Å². The fraction of sp³-hybridized carbons (Fsp3) is 0.389. The Balaban J connectivity index is 1.71. The zero-order valence-electron chi connectivity index (χ0n) is 13.7. The van der Waals surface area contributed by atoms with Gasteiger partial charge in [0.05, 0.1) is 17.3 Å². The largest absolute Gasteiger partial charge is 0.356 e. The summed E-state index contributed by atoms with van der Waals surface area (Å²) in [6.45, 7) is 2.80. The number of piperidine rings is 1. The number of para-hydroxylation sites is 1. The number of nitrogens with zero attached hydrogens (tertiary/aromatic N) is 5. The summed E-state index contributed by atoms with van der Waals surface area (Å²) < 4.78 is 1.88. The van der Waals surface area contributed by atoms with Gasteiger partial charge >= 0.3 is 0 Å². The van der Waals surface area contributed by atoms with Gasteiger partial charge in [0.15, 0.2) is 5.65 Å². The van der Waals surface area contributed by atoms with Crippen LogP contribution in [0.2, 0.25) is 0 Å². The fourth-order valence-electron chi connectivity index (χ4n) is 3.57. The van der Waals surface area contributed by atoms with Crippen molar-refractivity contribution in [3.05, 3.63) is 42.9 Å². The van der Waals surface area contributed by atoms with Crippen LogP contribution in [0.25, 0.3) is 16.7 Å². The molecule has 6 heteroatoms. The lowest BCUT2D eigenvalue weighted by Gasteiger charge is -2.33. The minimum atomic E-state index is 0.651. The van der Waals surface area contributed by atoms with Gasteiger partial charge in [0, 0.05) is 13.1 Å². The molecule has 1 unspecified atom stereocenters. The van der Waals surface area contributed by atoms with Crippen molar-refractivity contribution in [2.45, 2.75) is 19.3 Å². The lowest BCUT2D eigenvalue weighted by Crippen LogP contribution is -2.36. The van der Waals surface area contributed by atoms with Crippen molar-refractivity contribution in [2.24, 2.45) is 11.7 Å². The standard InChI is InChI=1S/C18H22N6/c19-9-8-14-5-4-10-23(12-14)17-16-11-22-24(18(16)21-13-20-17)15-6-2-1-3-7-15/h1-3,6-7,11,13-14H,4-5,8-10,12,19H2. The highest BCUT2D eigenvalue weighted by Crippen LogP contribution is 2.29. The van der Waals surface area contributed by atoms with Gasteiger partial charge in [-0.3, -0.25) is 0 Å². The summed E-state index contributed by atoms with van der Waals surface area (Å²) in [6.07, 6.45) is 7.04. The van der Waals surface area contributed by atoms with Gasteiger partial charge in [0.2, 0.25) is 0 Å². The van der Waals surface area contributed by atoms with Crippen LogP contribution in [0, 0.1) is 5.92 Å². The fourth-order valence-corrected chi connectivity index (χ4v) is 3.57. The molecule has 1 fully saturated rings. The summed E-state index contributed by atoms with van der Waals surface area (Å²) in [5.74, 6) is 1.64. The number of rotatable bonds is 4. The van der Waals surface area contributed by atoms with Crippen molar-refractivity contribution >= 4 is 16.9 Å². The van der Waals surface area contributed by atoms with E-state index in [9.17, 15) is 0 Å². The number of nitrogens with two attached hydrogens (primary N) is 1. The number of benzene rings is 1. The minimum absolute atomic E-state index is 0.651. The van der Waals surface area contributed by atoms with E-state index in [1.807, 2.05) is 41.2 Å². The molecule has 0 aliphatic carbocycles. The van der Waals surface area contributed by atoms with E-state index in [4.69, 9.17) is 5.73 Å². The zero-order valence-corrected chi connectivity index (χ0v) is 13.7. The van der Waals surface area contributed by atoms with Crippen molar-refractivity contribution in [3.63, 3.8) is 0 Å². The predicted molar refractivity (Wildman–Crippen MR) is 95.3 cm³/mol. The van der Waals surface area contributed by atoms with Crippen LogP contribution in [-0.2, 0) is 0 Å². The first-order valence-corrected chi connectivity index (χ1v) is 8.56. The highest BCUT2D eigenvalue weighted by molar-refractivity contribution is 5.87. The van der Waals surface area contributed by atoms with Gasteiger partial charge in [-0.05, 0) is 43.9 Å². The first-order chi connectivity index (χ1) is 11.9. The Labute approximate surface area is 141 Å². The van der Waals surface area contributed by atoms with Crippen LogP contribution >= 0.6 is 0 Å². The summed E-state index contributed by atoms with van der Waals surface area (Å²) in [7, 11) is 0. The maximum absolute atomic E-state index is 5.74. The SMILES string of the molecule is NCCC1CCCN(c2ncnc3c2cnn3-c2ccccc2)C1. The molecule has 0 spiro atoms. The smallest absolute Gasteiger partial charge is 0.168 e. The Morgan fingerprint density at radius 3 is 2.88 bits per heavy atom. The van der Waals surface area contributed by atoms with Crippen LogP contribution in [0.15, 0.2) is 42.9 Å². The molecule has 1 atom stereocenters. The first-order valence-electron chi connectivity index (χ1n) is 8.56. The maximum Gasteiger partial charge on any atom is 0.168 e. The van der Waals surface area contributed by atoms with Crippen LogP contribution in [0.4, 0.5) is 5.82 Å². The van der Waals surface area contributed by atoms with Crippen LogP contribution in [0.3, 0.4) is 0 Å². The number of anilines is 1. The van der Waals surface area contributed by atoms with E-state index in [1.165, 1.54) is 12.8 Å². The predicted octanol–water partition coefficient (Wildman–Crippen LogP) is 2.38. The molecule has 1 saturated heterocycles. The molecule has 0 saturated carbocycles. The zero-order chi connectivity index (χ0) is 16.4. The molecule has 1 aliphatic rings. The minimum Gasteiger partial charge on any atom is -0.356 e. The monoisotopic (exact) mass is 322 g/mol. The lowest BCUT2D eigenvalue weighted by atomic mass is 9.95. The van der Waals surface area contributed by atoms with E-state index in [1.54, 1.807) is 6.33 Å². The van der Waals surface area contributed by atoms with Crippen molar-refractivity contribution in [1.29, 1.82) is 0 Å². The van der Waals surface area contributed by atoms with E-state index in [-0.39, 0.29) is 0 Å². The third-order valence-electron chi connectivity index (χ3n) is 4.74. The van der Waals surface area contributed by atoms with Crippen molar-refractivity contribution in [3.8, 4) is 5.69 Å². The molecular formula is C18H22N6. The van der Waals surface area contributed by atoms with Gasteiger partial charge in [0.1, 0.15) is 12.1 Å². The molecule has 6 nitrogen and oxygen atoms in total. The highest BCUT2D eigenvalue weighted by Gasteiger charge is 2.23. The molecular weight excluding hydrogens is 300 g/mol. The third-order valence-corrected chi connectivity index (χ3v) is 4.74. The molecule has 0 amide bonds. The molecule has 0 bridgehead atoms. The Hall–Kier alpha value is -2.47. The summed E-state index contributed by atoms with van der Waals surface area (Å²) >= 11 is 0. The Bertz CT molecular complexity index is 811. The van der Waals surface area contributed by atoms with Crippen LogP contribution in [0.1, 0.15) is 19.3 Å². The second kappa shape index (κ2) is 6.57. The topological polar surface area (TPSA) is 72.9 Å². The van der Waals surface area contributed by atoms with Crippen LogP contribution in [0.5, 0.6) is 0 Å². The lowest BCUT2D eigenvalue weighted by molar-refractivity contribution is 0.395. The van der Waals surface area contributed by atoms with E-state index >= 15 is 0 Å². The molecule has 24 heavy (non-hydrogen) atoms. The van der Waals surface area contributed by atoms with E-state index < -0.39 is 0 Å². The summed E-state index contributed by atoms with van der Waals surface area (Å²) in [4.78, 5) is 11.4. The molecule has 3 heterocycles.